The molecule has 1 saturated heterocycles. The van der Waals surface area contributed by atoms with E-state index >= 15 is 0 Å². The molecule has 7 nitrogen and oxygen atoms in total. The molecule has 7 heteroatoms. The van der Waals surface area contributed by atoms with Gasteiger partial charge in [-0.15, -0.1) is 0 Å². The van der Waals surface area contributed by atoms with Crippen LogP contribution in [0.3, 0.4) is 0 Å². The van der Waals surface area contributed by atoms with Crippen LogP contribution in [-0.4, -0.2) is 39.9 Å². The number of benzene rings is 2. The molecule has 186 valence electrons. The second-order valence-electron chi connectivity index (χ2n) is 8.58. The maximum absolute atomic E-state index is 13.3. The quantitative estimate of drug-likeness (QED) is 0.238. The minimum Gasteiger partial charge on any atom is -0.507 e. The third kappa shape index (κ3) is 5.40. The number of amides is 1. The molecule has 2 aromatic carbocycles. The first-order valence-corrected chi connectivity index (χ1v) is 12.2. The summed E-state index contributed by atoms with van der Waals surface area (Å²) in [7, 11) is 0. The summed E-state index contributed by atoms with van der Waals surface area (Å²) in [5.41, 5.74) is 1.93. The summed E-state index contributed by atoms with van der Waals surface area (Å²) in [6, 6.07) is 17.0. The largest absolute Gasteiger partial charge is 0.507 e. The van der Waals surface area contributed by atoms with Gasteiger partial charge in [0.1, 0.15) is 17.3 Å². The third-order valence-electron chi connectivity index (χ3n) is 5.86. The molecule has 1 atom stereocenters. The van der Waals surface area contributed by atoms with Crippen molar-refractivity contribution < 1.29 is 24.2 Å². The van der Waals surface area contributed by atoms with Crippen LogP contribution in [0.25, 0.3) is 5.76 Å². The molecule has 36 heavy (non-hydrogen) atoms. The molecule has 0 radical (unpaired) electrons. The minimum absolute atomic E-state index is 0.0405. The van der Waals surface area contributed by atoms with E-state index in [9.17, 15) is 14.7 Å². The van der Waals surface area contributed by atoms with Gasteiger partial charge < -0.3 is 19.5 Å². The summed E-state index contributed by atoms with van der Waals surface area (Å²) in [5, 5.41) is 11.3. The molecular formula is C29H30N2O5. The van der Waals surface area contributed by atoms with Crippen molar-refractivity contribution in [3.63, 3.8) is 0 Å². The molecule has 0 saturated carbocycles. The Balaban J connectivity index is 1.78. The fraction of sp³-hybridized carbons (Fsp3) is 0.276. The van der Waals surface area contributed by atoms with Crippen molar-refractivity contribution in [2.24, 2.45) is 0 Å². The van der Waals surface area contributed by atoms with Gasteiger partial charge >= 0.3 is 0 Å². The Morgan fingerprint density at radius 2 is 1.67 bits per heavy atom. The Hall–Kier alpha value is -4.13. The van der Waals surface area contributed by atoms with Gasteiger partial charge in [0, 0.05) is 24.5 Å². The fourth-order valence-electron chi connectivity index (χ4n) is 4.15. The molecule has 1 fully saturated rings. The zero-order valence-corrected chi connectivity index (χ0v) is 20.5. The number of aliphatic hydroxyl groups is 1. The number of aromatic nitrogens is 1. The number of carbonyl (C=O) groups is 2. The molecule has 1 aromatic heterocycles. The van der Waals surface area contributed by atoms with Gasteiger partial charge in [0.2, 0.25) is 0 Å². The number of hydrogen-bond acceptors (Lipinski definition) is 6. The van der Waals surface area contributed by atoms with Crippen LogP contribution in [0.5, 0.6) is 11.5 Å². The Morgan fingerprint density at radius 1 is 0.944 bits per heavy atom. The average Bonchev–Trinajstić information content (AvgIpc) is 3.16. The van der Waals surface area contributed by atoms with Crippen LogP contribution in [0.2, 0.25) is 0 Å². The summed E-state index contributed by atoms with van der Waals surface area (Å²) in [6.45, 7) is 5.34. The van der Waals surface area contributed by atoms with Gasteiger partial charge in [-0.25, -0.2) is 0 Å². The highest BCUT2D eigenvalue weighted by Gasteiger charge is 2.46. The van der Waals surface area contributed by atoms with Crippen LogP contribution in [0.15, 0.2) is 78.6 Å². The molecule has 3 aromatic rings. The van der Waals surface area contributed by atoms with Gasteiger partial charge in [0.05, 0.1) is 24.8 Å². The molecule has 0 spiro atoms. The van der Waals surface area contributed by atoms with Crippen molar-refractivity contribution in [3.8, 4) is 11.5 Å². The van der Waals surface area contributed by atoms with Crippen LogP contribution < -0.4 is 9.47 Å². The van der Waals surface area contributed by atoms with Gasteiger partial charge in [0.15, 0.2) is 0 Å². The smallest absolute Gasteiger partial charge is 0.295 e. The summed E-state index contributed by atoms with van der Waals surface area (Å²) in [4.78, 5) is 32.1. The number of pyridine rings is 1. The van der Waals surface area contributed by atoms with Crippen LogP contribution in [0, 0.1) is 0 Å². The third-order valence-corrected chi connectivity index (χ3v) is 5.86. The SMILES string of the molecule is CCCOc1ccc(C2C(=C(O)c3cccc(OCCC)c3)C(=O)C(=O)N2Cc2cccnc2)cc1. The van der Waals surface area contributed by atoms with E-state index in [1.165, 1.54) is 4.90 Å². The van der Waals surface area contributed by atoms with E-state index in [0.717, 1.165) is 18.4 Å². The number of nitrogens with zero attached hydrogens (tertiary/aromatic N) is 2. The first-order valence-electron chi connectivity index (χ1n) is 12.2. The lowest BCUT2D eigenvalue weighted by atomic mass is 9.95. The van der Waals surface area contributed by atoms with Crippen molar-refractivity contribution >= 4 is 17.4 Å². The van der Waals surface area contributed by atoms with E-state index in [1.54, 1.807) is 42.7 Å². The minimum atomic E-state index is -0.773. The fourth-order valence-corrected chi connectivity index (χ4v) is 4.15. The van der Waals surface area contributed by atoms with Gasteiger partial charge in [-0.05, 0) is 54.3 Å². The molecule has 1 aliphatic rings. The summed E-state index contributed by atoms with van der Waals surface area (Å²) >= 11 is 0. The molecule has 2 heterocycles. The predicted octanol–water partition coefficient (Wildman–Crippen LogP) is 5.28. The predicted molar refractivity (Wildman–Crippen MR) is 137 cm³/mol. The lowest BCUT2D eigenvalue weighted by molar-refractivity contribution is -0.140. The maximum atomic E-state index is 13.3. The van der Waals surface area contributed by atoms with E-state index in [-0.39, 0.29) is 17.9 Å². The van der Waals surface area contributed by atoms with Gasteiger partial charge in [0.25, 0.3) is 11.7 Å². The summed E-state index contributed by atoms with van der Waals surface area (Å²) in [5.74, 6) is -0.354. The Kier molecular flexibility index (Phi) is 8.00. The van der Waals surface area contributed by atoms with Gasteiger partial charge in [-0.1, -0.05) is 44.2 Å². The van der Waals surface area contributed by atoms with E-state index < -0.39 is 17.7 Å². The number of rotatable bonds is 10. The number of Topliss-reactive ketones (excluding diaryl/α,β-unsaturated/α-hetero) is 1. The first kappa shape index (κ1) is 25.0. The van der Waals surface area contributed by atoms with E-state index in [1.807, 2.05) is 44.2 Å². The molecule has 1 N–H and O–H groups in total. The van der Waals surface area contributed by atoms with Gasteiger partial charge in [-0.3, -0.25) is 14.6 Å². The number of ether oxygens (including phenoxy) is 2. The van der Waals surface area contributed by atoms with Crippen molar-refractivity contribution in [1.82, 2.24) is 9.88 Å². The summed E-state index contributed by atoms with van der Waals surface area (Å²) < 4.78 is 11.4. The van der Waals surface area contributed by atoms with Crippen LogP contribution in [0.4, 0.5) is 0 Å². The van der Waals surface area contributed by atoms with Crippen molar-refractivity contribution in [3.05, 3.63) is 95.3 Å². The van der Waals surface area contributed by atoms with Gasteiger partial charge in [-0.2, -0.15) is 0 Å². The Morgan fingerprint density at radius 3 is 2.33 bits per heavy atom. The molecular weight excluding hydrogens is 456 g/mol. The Bertz CT molecular complexity index is 1240. The van der Waals surface area contributed by atoms with E-state index in [4.69, 9.17) is 9.47 Å². The number of ketones is 1. The second-order valence-corrected chi connectivity index (χ2v) is 8.58. The topological polar surface area (TPSA) is 89.0 Å². The lowest BCUT2D eigenvalue weighted by Crippen LogP contribution is -2.29. The molecule has 4 rings (SSSR count). The average molecular weight is 487 g/mol. The van der Waals surface area contributed by atoms with Crippen molar-refractivity contribution in [2.45, 2.75) is 39.3 Å². The van der Waals surface area contributed by atoms with Crippen LogP contribution >= 0.6 is 0 Å². The zero-order valence-electron chi connectivity index (χ0n) is 20.5. The monoisotopic (exact) mass is 486 g/mol. The number of likely N-dealkylation sites (tertiary alicyclic amines) is 1. The lowest BCUT2D eigenvalue weighted by Gasteiger charge is -2.25. The molecule has 1 aliphatic heterocycles. The molecule has 1 unspecified atom stereocenters. The highest BCUT2D eigenvalue weighted by Crippen LogP contribution is 2.41. The number of carbonyl (C=O) groups excluding carboxylic acids is 2. The number of hydrogen-bond donors (Lipinski definition) is 1. The molecule has 0 bridgehead atoms. The second kappa shape index (κ2) is 11.5. The van der Waals surface area contributed by atoms with E-state index in [0.29, 0.717) is 35.8 Å². The van der Waals surface area contributed by atoms with Crippen molar-refractivity contribution in [2.75, 3.05) is 13.2 Å². The highest BCUT2D eigenvalue weighted by atomic mass is 16.5. The molecule has 0 aliphatic carbocycles. The van der Waals surface area contributed by atoms with Crippen LogP contribution in [0.1, 0.15) is 49.4 Å². The molecule has 1 amide bonds. The zero-order chi connectivity index (χ0) is 25.5. The highest BCUT2D eigenvalue weighted by molar-refractivity contribution is 6.46. The van der Waals surface area contributed by atoms with Crippen molar-refractivity contribution in [1.29, 1.82) is 0 Å². The maximum Gasteiger partial charge on any atom is 0.295 e. The standard InChI is InChI=1S/C29H30N2O5/c1-3-15-35-23-12-10-21(11-13-23)26-25(27(32)22-8-5-9-24(17-22)36-16-4-2)28(33)29(34)31(26)19-20-7-6-14-30-18-20/h5-14,17-18,26,32H,3-4,15-16,19H2,1-2H3. The first-order chi connectivity index (χ1) is 17.5. The van der Waals surface area contributed by atoms with E-state index in [2.05, 4.69) is 4.98 Å². The number of aliphatic hydroxyl groups excluding tert-OH is 1. The Labute approximate surface area is 211 Å². The van der Waals surface area contributed by atoms with Crippen LogP contribution in [-0.2, 0) is 16.1 Å². The normalized spacial score (nSPS) is 16.8. The summed E-state index contributed by atoms with van der Waals surface area (Å²) in [6.07, 6.45) is 5.03.